The molecule has 1 aromatic heterocycles. The van der Waals surface area contributed by atoms with E-state index in [1.807, 2.05) is 19.1 Å². The molecule has 2 aromatic rings. The molecule has 0 bridgehead atoms. The first-order chi connectivity index (χ1) is 15.2. The number of pyridine rings is 1. The number of nitrogens with zero attached hydrogens (tertiary/aromatic N) is 2. The number of nitro groups is 1. The normalized spacial score (nSPS) is 10.9. The van der Waals surface area contributed by atoms with Crippen molar-refractivity contribution in [2.24, 2.45) is 0 Å². The van der Waals surface area contributed by atoms with Crippen LogP contribution in [0.5, 0.6) is 0 Å². The topological polar surface area (TPSA) is 164 Å². The Hall–Kier alpha value is -3.02. The van der Waals surface area contributed by atoms with Crippen LogP contribution in [-0.4, -0.2) is 45.9 Å². The van der Waals surface area contributed by atoms with Crippen LogP contribution in [-0.2, 0) is 14.4 Å². The molecule has 0 aliphatic rings. The first-order valence-electron chi connectivity index (χ1n) is 9.93. The van der Waals surface area contributed by atoms with E-state index in [4.69, 9.17) is 5.11 Å². The standard InChI is InChI=1S/C21H25N5O6.Na.H/c1-14-7-9-23-18(10-14)22-8-3-6-19(27)24-13-20(28)25-17(12-21(29)30)15-4-2-5-16(11-15)26(31)32;;/h2,4-5,7,9-11,17H,3,6,8,12-13H2,1H3,(H,22,23)(H,24,27)(H,25,28)(H,29,30);;/q;+1;-1. The molecule has 1 atom stereocenters. The van der Waals surface area contributed by atoms with Gasteiger partial charge in [-0.15, -0.1) is 0 Å². The number of non-ortho nitro benzene ring substituents is 1. The van der Waals surface area contributed by atoms with Gasteiger partial charge in [0, 0.05) is 31.3 Å². The second-order valence-corrected chi connectivity index (χ2v) is 7.10. The van der Waals surface area contributed by atoms with Crippen molar-refractivity contribution >= 4 is 29.3 Å². The quantitative estimate of drug-likeness (QED) is 0.134. The first-order valence-corrected chi connectivity index (χ1v) is 9.93. The summed E-state index contributed by atoms with van der Waals surface area (Å²) in [4.78, 5) is 49.8. The van der Waals surface area contributed by atoms with Crippen LogP contribution in [0.2, 0.25) is 0 Å². The number of nitrogens with one attached hydrogen (secondary N) is 3. The molecule has 0 spiro atoms. The van der Waals surface area contributed by atoms with Crippen molar-refractivity contribution in [3.63, 3.8) is 0 Å². The molecule has 0 radical (unpaired) electrons. The van der Waals surface area contributed by atoms with Crippen LogP contribution in [0.1, 0.15) is 37.9 Å². The largest absolute Gasteiger partial charge is 1.00 e. The molecule has 1 heterocycles. The number of carboxylic acid groups (broad SMARTS) is 1. The van der Waals surface area contributed by atoms with Crippen molar-refractivity contribution in [2.75, 3.05) is 18.4 Å². The molecule has 4 N–H and O–H groups in total. The van der Waals surface area contributed by atoms with Gasteiger partial charge in [0.1, 0.15) is 5.82 Å². The first kappa shape index (κ1) is 28.0. The summed E-state index contributed by atoms with van der Waals surface area (Å²) in [6.07, 6.45) is 1.95. The van der Waals surface area contributed by atoms with Crippen LogP contribution in [0, 0.1) is 17.0 Å². The number of rotatable bonds is 12. The van der Waals surface area contributed by atoms with E-state index in [1.165, 1.54) is 24.3 Å². The summed E-state index contributed by atoms with van der Waals surface area (Å²) in [7, 11) is 0. The summed E-state index contributed by atoms with van der Waals surface area (Å²) >= 11 is 0. The Labute approximate surface area is 214 Å². The predicted molar refractivity (Wildman–Crippen MR) is 117 cm³/mol. The third kappa shape index (κ3) is 10.4. The fourth-order valence-electron chi connectivity index (χ4n) is 2.89. The number of benzene rings is 1. The Morgan fingerprint density at radius 1 is 1.21 bits per heavy atom. The van der Waals surface area contributed by atoms with Gasteiger partial charge in [-0.3, -0.25) is 24.5 Å². The molecule has 0 saturated heterocycles. The summed E-state index contributed by atoms with van der Waals surface area (Å²) in [5.74, 6) is -1.39. The van der Waals surface area contributed by atoms with E-state index in [9.17, 15) is 24.5 Å². The average Bonchev–Trinajstić information content (AvgIpc) is 2.74. The minimum absolute atomic E-state index is 0. The van der Waals surface area contributed by atoms with E-state index in [-0.39, 0.29) is 61.1 Å². The number of anilines is 1. The fraction of sp³-hybridized carbons (Fsp3) is 0.333. The Kier molecular flexibility index (Phi) is 12.0. The SMILES string of the molecule is Cc1ccnc(NCCCC(=O)NCC(=O)NC(CC(=O)O)c2cccc([N+](=O)[O-])c2)c1.[H-].[Na+]. The molecule has 2 amide bonds. The average molecular weight is 467 g/mol. The minimum Gasteiger partial charge on any atom is -1.00 e. The summed E-state index contributed by atoms with van der Waals surface area (Å²) in [6.45, 7) is 2.14. The fourth-order valence-corrected chi connectivity index (χ4v) is 2.89. The number of carbonyl (C=O) groups is 3. The number of aryl methyl sites for hydroxylation is 1. The minimum atomic E-state index is -1.18. The van der Waals surface area contributed by atoms with Gasteiger partial charge in [0.05, 0.1) is 23.9 Å². The van der Waals surface area contributed by atoms with Gasteiger partial charge in [-0.05, 0) is 36.6 Å². The third-order valence-electron chi connectivity index (χ3n) is 4.45. The second-order valence-electron chi connectivity index (χ2n) is 7.10. The zero-order valence-corrected chi connectivity index (χ0v) is 20.5. The van der Waals surface area contributed by atoms with Gasteiger partial charge in [-0.1, -0.05) is 12.1 Å². The van der Waals surface area contributed by atoms with E-state index < -0.39 is 29.3 Å². The number of aliphatic carboxylic acids is 1. The summed E-state index contributed by atoms with van der Waals surface area (Å²) in [6, 6.07) is 8.19. The molecule has 2 rings (SSSR count). The van der Waals surface area contributed by atoms with Gasteiger partial charge in [0.2, 0.25) is 11.8 Å². The van der Waals surface area contributed by atoms with Gasteiger partial charge in [-0.2, -0.15) is 0 Å². The Morgan fingerprint density at radius 3 is 2.64 bits per heavy atom. The molecule has 11 nitrogen and oxygen atoms in total. The summed E-state index contributed by atoms with van der Waals surface area (Å²) < 4.78 is 0. The second kappa shape index (κ2) is 14.2. The van der Waals surface area contributed by atoms with Crippen molar-refractivity contribution in [3.05, 3.63) is 63.8 Å². The van der Waals surface area contributed by atoms with Crippen LogP contribution in [0.25, 0.3) is 0 Å². The number of carbonyl (C=O) groups excluding carboxylic acids is 2. The van der Waals surface area contributed by atoms with Crippen molar-refractivity contribution in [3.8, 4) is 0 Å². The van der Waals surface area contributed by atoms with E-state index >= 15 is 0 Å². The molecular weight excluding hydrogens is 441 g/mol. The number of hydrogen-bond donors (Lipinski definition) is 4. The van der Waals surface area contributed by atoms with Crippen LogP contribution in [0.3, 0.4) is 0 Å². The summed E-state index contributed by atoms with van der Waals surface area (Å²) in [5.41, 5.74) is 1.14. The molecule has 0 fully saturated rings. The maximum Gasteiger partial charge on any atom is 1.00 e. The number of nitro benzene ring substituents is 1. The van der Waals surface area contributed by atoms with Crippen molar-refractivity contribution in [1.82, 2.24) is 15.6 Å². The zero-order chi connectivity index (χ0) is 23.5. The molecule has 1 unspecified atom stereocenters. The zero-order valence-electron chi connectivity index (χ0n) is 19.5. The van der Waals surface area contributed by atoms with E-state index in [2.05, 4.69) is 20.9 Å². The monoisotopic (exact) mass is 467 g/mol. The molecule has 33 heavy (non-hydrogen) atoms. The molecule has 1 aromatic carbocycles. The Balaban J connectivity index is 0.00000544. The van der Waals surface area contributed by atoms with E-state index in [1.54, 1.807) is 6.20 Å². The third-order valence-corrected chi connectivity index (χ3v) is 4.45. The van der Waals surface area contributed by atoms with Crippen LogP contribution >= 0.6 is 0 Å². The molecule has 0 aliphatic heterocycles. The van der Waals surface area contributed by atoms with Gasteiger partial charge >= 0.3 is 35.5 Å². The van der Waals surface area contributed by atoms with Crippen molar-refractivity contribution in [1.29, 1.82) is 0 Å². The van der Waals surface area contributed by atoms with Gasteiger partial charge in [0.15, 0.2) is 0 Å². The van der Waals surface area contributed by atoms with E-state index in [0.29, 0.717) is 13.0 Å². The van der Waals surface area contributed by atoms with Crippen molar-refractivity contribution < 1.29 is 55.4 Å². The van der Waals surface area contributed by atoms with Crippen LogP contribution in [0.15, 0.2) is 42.6 Å². The van der Waals surface area contributed by atoms with Crippen LogP contribution in [0.4, 0.5) is 11.5 Å². The molecule has 0 saturated carbocycles. The summed E-state index contributed by atoms with van der Waals surface area (Å²) in [5, 5.41) is 28.1. The number of hydrogen-bond acceptors (Lipinski definition) is 7. The molecule has 12 heteroatoms. The maximum atomic E-state index is 12.2. The number of amides is 2. The van der Waals surface area contributed by atoms with Crippen LogP contribution < -0.4 is 45.5 Å². The molecule has 172 valence electrons. The molecule has 0 aliphatic carbocycles. The smallest absolute Gasteiger partial charge is 1.00 e. The molecular formula is C21H26N5NaO6. The maximum absolute atomic E-state index is 12.2. The van der Waals surface area contributed by atoms with Gasteiger partial charge in [-0.25, -0.2) is 4.98 Å². The van der Waals surface area contributed by atoms with Crippen molar-refractivity contribution in [2.45, 2.75) is 32.2 Å². The predicted octanol–water partition coefficient (Wildman–Crippen LogP) is -0.945. The Morgan fingerprint density at radius 2 is 1.97 bits per heavy atom. The number of carboxylic acids is 1. The van der Waals surface area contributed by atoms with Gasteiger partial charge in [0.25, 0.3) is 5.69 Å². The van der Waals surface area contributed by atoms with E-state index in [0.717, 1.165) is 11.4 Å². The number of aromatic nitrogens is 1. The Bertz CT molecular complexity index is 994. The van der Waals surface area contributed by atoms with Gasteiger partial charge < -0.3 is 22.5 Å².